The van der Waals surface area contributed by atoms with E-state index in [0.29, 0.717) is 5.92 Å². The predicted octanol–water partition coefficient (Wildman–Crippen LogP) is 4.47. The fraction of sp³-hybridized carbons (Fsp3) is 0.111. The molecule has 0 saturated heterocycles. The largest absolute Gasteiger partial charge is 2.00 e. The third-order valence-corrected chi connectivity index (χ3v) is 5.37. The molecule has 2 aromatic carbocycles. The van der Waals surface area contributed by atoms with Crippen molar-refractivity contribution in [2.45, 2.75) is 13.3 Å². The first kappa shape index (κ1) is 23.0. The van der Waals surface area contributed by atoms with E-state index in [0.717, 1.165) is 29.0 Å². The molecule has 2 aliphatic rings. The number of hydrogen-bond acceptors (Lipinski definition) is 2. The molecular formula is C27H22FeO2. The van der Waals surface area contributed by atoms with Gasteiger partial charge in [0.25, 0.3) is 0 Å². The predicted molar refractivity (Wildman–Crippen MR) is 112 cm³/mol. The maximum Gasteiger partial charge on any atom is 2.00 e. The summed E-state index contributed by atoms with van der Waals surface area (Å²) in [6.45, 7) is 2.23. The SMILES string of the molecule is C[C@@H](CC([C]1[CH][CH][CH][CH]1)=C(c1ccc([O-])cc1)c1ccc([O-])cc1)[C]1[CH][CH][CH][CH]1.[Fe+2]. The summed E-state index contributed by atoms with van der Waals surface area (Å²) in [6, 6.07) is 13.9. The summed E-state index contributed by atoms with van der Waals surface area (Å²) in [5, 5.41) is 23.4. The van der Waals surface area contributed by atoms with E-state index < -0.39 is 0 Å². The van der Waals surface area contributed by atoms with Gasteiger partial charge in [0, 0.05) is 5.92 Å². The molecule has 0 aliphatic heterocycles. The molecule has 2 aliphatic carbocycles. The Kier molecular flexibility index (Phi) is 8.08. The summed E-state index contributed by atoms with van der Waals surface area (Å²) in [4.78, 5) is 0. The Balaban J connectivity index is 0.00000256. The summed E-state index contributed by atoms with van der Waals surface area (Å²) >= 11 is 0. The normalized spacial score (nSPS) is 18.2. The molecule has 2 aromatic rings. The molecule has 3 heteroatoms. The van der Waals surface area contributed by atoms with Gasteiger partial charge in [-0.3, -0.25) is 0 Å². The van der Waals surface area contributed by atoms with Crippen molar-refractivity contribution < 1.29 is 27.3 Å². The van der Waals surface area contributed by atoms with Gasteiger partial charge in [0.05, 0.1) is 0 Å². The smallest absolute Gasteiger partial charge is 0.872 e. The topological polar surface area (TPSA) is 46.1 Å². The van der Waals surface area contributed by atoms with E-state index >= 15 is 0 Å². The molecule has 4 rings (SSSR count). The Labute approximate surface area is 191 Å². The van der Waals surface area contributed by atoms with Gasteiger partial charge in [-0.1, -0.05) is 61.0 Å². The molecule has 0 N–H and O–H groups in total. The number of benzene rings is 2. The fourth-order valence-electron chi connectivity index (χ4n) is 3.84. The van der Waals surface area contributed by atoms with Crippen LogP contribution in [0.25, 0.3) is 5.57 Å². The van der Waals surface area contributed by atoms with E-state index in [-0.39, 0.29) is 28.6 Å². The van der Waals surface area contributed by atoms with Crippen LogP contribution in [0.1, 0.15) is 24.5 Å². The molecule has 2 fully saturated rings. The zero-order chi connectivity index (χ0) is 20.2. The Bertz CT molecular complexity index is 779. The van der Waals surface area contributed by atoms with E-state index in [4.69, 9.17) is 0 Å². The zero-order valence-corrected chi connectivity index (χ0v) is 17.8. The Morgan fingerprint density at radius 3 is 1.60 bits per heavy atom. The molecule has 10 radical (unpaired) electrons. The Morgan fingerprint density at radius 2 is 1.13 bits per heavy atom. The molecule has 2 nitrogen and oxygen atoms in total. The first-order valence-electron chi connectivity index (χ1n) is 9.83. The third-order valence-electron chi connectivity index (χ3n) is 5.37. The van der Waals surface area contributed by atoms with E-state index in [1.54, 1.807) is 24.3 Å². The second-order valence-electron chi connectivity index (χ2n) is 7.40. The minimum Gasteiger partial charge on any atom is -0.872 e. The van der Waals surface area contributed by atoms with Crippen molar-refractivity contribution in [1.29, 1.82) is 0 Å². The van der Waals surface area contributed by atoms with Crippen molar-refractivity contribution in [2.75, 3.05) is 0 Å². The van der Waals surface area contributed by atoms with Crippen LogP contribution in [-0.2, 0) is 17.1 Å². The van der Waals surface area contributed by atoms with Crippen LogP contribution in [0.15, 0.2) is 54.1 Å². The first-order valence-corrected chi connectivity index (χ1v) is 9.83. The number of allylic oxidation sites excluding steroid dienone is 1. The van der Waals surface area contributed by atoms with E-state index in [1.165, 1.54) is 11.5 Å². The molecule has 0 heterocycles. The summed E-state index contributed by atoms with van der Waals surface area (Å²) in [7, 11) is 0. The van der Waals surface area contributed by atoms with Gasteiger partial charge in [0.2, 0.25) is 0 Å². The van der Waals surface area contributed by atoms with Crippen LogP contribution in [0.2, 0.25) is 0 Å². The van der Waals surface area contributed by atoms with Gasteiger partial charge in [-0.15, -0.1) is 11.5 Å². The van der Waals surface area contributed by atoms with Crippen molar-refractivity contribution in [1.82, 2.24) is 0 Å². The molecule has 0 aromatic heterocycles. The molecule has 0 bridgehead atoms. The molecule has 30 heavy (non-hydrogen) atoms. The maximum atomic E-state index is 11.7. The summed E-state index contributed by atoms with van der Waals surface area (Å²) < 4.78 is 0. The number of hydrogen-bond donors (Lipinski definition) is 0. The summed E-state index contributed by atoms with van der Waals surface area (Å²) in [5.74, 6) is 2.78. The molecule has 2 saturated carbocycles. The fourth-order valence-corrected chi connectivity index (χ4v) is 3.84. The van der Waals surface area contributed by atoms with Gasteiger partial charge in [0.1, 0.15) is 0 Å². The van der Waals surface area contributed by atoms with Crippen LogP contribution in [0.5, 0.6) is 11.5 Å². The standard InChI is InChI=1S/C27H24O2.Fe/c1-19(20-6-2-3-7-20)18-26(21-8-4-5-9-21)27(22-10-14-24(28)15-11-22)23-12-16-25(29)17-13-23;/h2-17,19,28-29H,18H2,1H3;/q;+2/p-2/t19-;/m0./s1. The van der Waals surface area contributed by atoms with Crippen LogP contribution < -0.4 is 10.2 Å². The minimum absolute atomic E-state index is 0. The van der Waals surface area contributed by atoms with Gasteiger partial charge in [0.15, 0.2) is 0 Å². The first-order chi connectivity index (χ1) is 14.1. The molecule has 1 atom stereocenters. The van der Waals surface area contributed by atoms with Gasteiger partial charge in [-0.05, 0) is 86.3 Å². The van der Waals surface area contributed by atoms with Crippen molar-refractivity contribution in [3.8, 4) is 11.5 Å². The van der Waals surface area contributed by atoms with E-state index in [2.05, 4.69) is 45.4 Å². The van der Waals surface area contributed by atoms with Crippen molar-refractivity contribution in [3.63, 3.8) is 0 Å². The zero-order valence-electron chi connectivity index (χ0n) is 16.7. The van der Waals surface area contributed by atoms with Gasteiger partial charge < -0.3 is 10.2 Å². The van der Waals surface area contributed by atoms with Gasteiger partial charge >= 0.3 is 17.1 Å². The summed E-state index contributed by atoms with van der Waals surface area (Å²) in [6.07, 6.45) is 17.6. The molecular weight excluding hydrogens is 412 g/mol. The summed E-state index contributed by atoms with van der Waals surface area (Å²) in [5.41, 5.74) is 4.24. The molecule has 0 amide bonds. The third kappa shape index (κ3) is 5.31. The second-order valence-corrected chi connectivity index (χ2v) is 7.40. The molecule has 0 unspecified atom stereocenters. The maximum absolute atomic E-state index is 11.7. The molecule has 150 valence electrons. The quantitative estimate of drug-likeness (QED) is 0.630. The average molecular weight is 434 g/mol. The van der Waals surface area contributed by atoms with Gasteiger partial charge in [-0.25, -0.2) is 0 Å². The molecule has 0 spiro atoms. The van der Waals surface area contributed by atoms with Crippen molar-refractivity contribution >= 4 is 5.57 Å². The van der Waals surface area contributed by atoms with E-state index in [1.807, 2.05) is 37.1 Å². The van der Waals surface area contributed by atoms with E-state index in [9.17, 15) is 10.2 Å². The van der Waals surface area contributed by atoms with Crippen LogP contribution in [0, 0.1) is 69.1 Å². The number of rotatable bonds is 6. The van der Waals surface area contributed by atoms with Crippen LogP contribution in [-0.4, -0.2) is 0 Å². The van der Waals surface area contributed by atoms with Crippen molar-refractivity contribution in [2.24, 2.45) is 5.92 Å². The average Bonchev–Trinajstić information content (AvgIpc) is 3.44. The van der Waals surface area contributed by atoms with Crippen LogP contribution in [0.4, 0.5) is 0 Å². The van der Waals surface area contributed by atoms with Crippen LogP contribution in [0.3, 0.4) is 0 Å². The monoisotopic (exact) mass is 434 g/mol. The second kappa shape index (κ2) is 10.6. The van der Waals surface area contributed by atoms with Gasteiger partial charge in [-0.2, -0.15) is 0 Å². The van der Waals surface area contributed by atoms with Crippen molar-refractivity contribution in [3.05, 3.63) is 128 Å². The Morgan fingerprint density at radius 1 is 0.700 bits per heavy atom. The Hall–Kier alpha value is -1.70. The minimum atomic E-state index is -0.0111. The van der Waals surface area contributed by atoms with Crippen LogP contribution >= 0.6 is 0 Å².